The Morgan fingerprint density at radius 2 is 1.91 bits per heavy atom. The minimum absolute atomic E-state index is 0.0517. The SMILES string of the molecule is CC(=O)N[C@H]1CCN(c2cc(Cl)ccc2CN2CCN(C(=O)OC(C)C(F)(F)F)CC2)C1. The molecule has 178 valence electrons. The molecule has 0 spiro atoms. The van der Waals surface area contributed by atoms with Crippen LogP contribution in [0.2, 0.25) is 5.02 Å². The number of hydrogen-bond donors (Lipinski definition) is 1. The highest BCUT2D eigenvalue weighted by Crippen LogP contribution is 2.29. The summed E-state index contributed by atoms with van der Waals surface area (Å²) >= 11 is 6.24. The summed E-state index contributed by atoms with van der Waals surface area (Å²) in [5, 5.41) is 3.57. The van der Waals surface area contributed by atoms with Gasteiger partial charge in [-0.15, -0.1) is 0 Å². The van der Waals surface area contributed by atoms with Crippen molar-refractivity contribution in [3.8, 4) is 0 Å². The van der Waals surface area contributed by atoms with Crippen molar-refractivity contribution in [2.45, 2.75) is 45.1 Å². The van der Waals surface area contributed by atoms with Gasteiger partial charge in [-0.05, 0) is 31.0 Å². The van der Waals surface area contributed by atoms with Crippen molar-refractivity contribution < 1.29 is 27.5 Å². The molecule has 2 fully saturated rings. The Labute approximate surface area is 190 Å². The molecule has 2 atom stereocenters. The molecule has 1 N–H and O–H groups in total. The normalized spacial score (nSPS) is 20.9. The number of amides is 2. The van der Waals surface area contributed by atoms with Gasteiger partial charge in [0, 0.05) is 69.5 Å². The largest absolute Gasteiger partial charge is 0.437 e. The zero-order valence-corrected chi connectivity index (χ0v) is 18.9. The summed E-state index contributed by atoms with van der Waals surface area (Å²) in [6.07, 6.45) is -6.80. The average Bonchev–Trinajstić information content (AvgIpc) is 3.16. The third-order valence-electron chi connectivity index (χ3n) is 5.75. The molecule has 11 heteroatoms. The number of carbonyl (C=O) groups is 2. The summed E-state index contributed by atoms with van der Waals surface area (Å²) in [6, 6.07) is 5.80. The number of ether oxygens (including phenoxy) is 1. The van der Waals surface area contributed by atoms with E-state index in [0.717, 1.165) is 31.1 Å². The van der Waals surface area contributed by atoms with Crippen LogP contribution in [0.3, 0.4) is 0 Å². The van der Waals surface area contributed by atoms with Crippen molar-refractivity contribution in [3.63, 3.8) is 0 Å². The van der Waals surface area contributed by atoms with Crippen molar-refractivity contribution in [1.82, 2.24) is 15.1 Å². The molecule has 2 aliphatic rings. The zero-order valence-electron chi connectivity index (χ0n) is 18.1. The number of piperazine rings is 1. The first-order valence-corrected chi connectivity index (χ1v) is 11.0. The van der Waals surface area contributed by atoms with Gasteiger partial charge in [0.1, 0.15) is 0 Å². The van der Waals surface area contributed by atoms with Crippen LogP contribution in [-0.2, 0) is 16.1 Å². The number of alkyl halides is 3. The molecule has 7 nitrogen and oxygen atoms in total. The topological polar surface area (TPSA) is 65.1 Å². The van der Waals surface area contributed by atoms with Gasteiger partial charge < -0.3 is 19.9 Å². The summed E-state index contributed by atoms with van der Waals surface area (Å²) in [5.41, 5.74) is 2.07. The zero-order chi connectivity index (χ0) is 23.5. The van der Waals surface area contributed by atoms with Crippen LogP contribution in [0, 0.1) is 0 Å². The van der Waals surface area contributed by atoms with Crippen LogP contribution < -0.4 is 10.2 Å². The molecule has 2 saturated heterocycles. The van der Waals surface area contributed by atoms with E-state index in [1.807, 2.05) is 18.2 Å². The van der Waals surface area contributed by atoms with Crippen molar-refractivity contribution in [3.05, 3.63) is 28.8 Å². The lowest BCUT2D eigenvalue weighted by Crippen LogP contribution is -2.49. The lowest BCUT2D eigenvalue weighted by atomic mass is 10.1. The maximum Gasteiger partial charge on any atom is 0.425 e. The molecular weight excluding hydrogens is 449 g/mol. The quantitative estimate of drug-likeness (QED) is 0.706. The Kier molecular flexibility index (Phi) is 7.76. The number of anilines is 1. The molecule has 1 aromatic carbocycles. The lowest BCUT2D eigenvalue weighted by Gasteiger charge is -2.35. The fourth-order valence-corrected chi connectivity index (χ4v) is 4.14. The minimum Gasteiger partial charge on any atom is -0.437 e. The monoisotopic (exact) mass is 476 g/mol. The molecular formula is C21H28ClF3N4O3. The number of halogens is 4. The molecule has 1 unspecified atom stereocenters. The van der Waals surface area contributed by atoms with E-state index in [1.54, 1.807) is 0 Å². The molecule has 0 aliphatic carbocycles. The van der Waals surface area contributed by atoms with E-state index in [4.69, 9.17) is 11.6 Å². The van der Waals surface area contributed by atoms with E-state index in [0.29, 0.717) is 44.3 Å². The van der Waals surface area contributed by atoms with Crippen molar-refractivity contribution in [2.75, 3.05) is 44.2 Å². The predicted octanol–water partition coefficient (Wildman–Crippen LogP) is 3.26. The van der Waals surface area contributed by atoms with Crippen LogP contribution in [0.25, 0.3) is 0 Å². The van der Waals surface area contributed by atoms with E-state index in [-0.39, 0.29) is 11.9 Å². The number of nitrogens with zero attached hydrogens (tertiary/aromatic N) is 3. The van der Waals surface area contributed by atoms with Crippen molar-refractivity contribution >= 4 is 29.3 Å². The second-order valence-corrected chi connectivity index (χ2v) is 8.67. The Morgan fingerprint density at radius 3 is 2.53 bits per heavy atom. The van der Waals surface area contributed by atoms with Gasteiger partial charge in [-0.25, -0.2) is 4.79 Å². The smallest absolute Gasteiger partial charge is 0.425 e. The highest BCUT2D eigenvalue weighted by atomic mass is 35.5. The molecule has 1 aromatic rings. The number of benzene rings is 1. The second-order valence-electron chi connectivity index (χ2n) is 8.24. The summed E-state index contributed by atoms with van der Waals surface area (Å²) in [4.78, 5) is 29.0. The maximum atomic E-state index is 12.6. The van der Waals surface area contributed by atoms with E-state index in [9.17, 15) is 22.8 Å². The Balaban J connectivity index is 1.57. The fraction of sp³-hybridized carbons (Fsp3) is 0.619. The summed E-state index contributed by atoms with van der Waals surface area (Å²) in [5.74, 6) is -0.0517. The Hall–Kier alpha value is -2.20. The van der Waals surface area contributed by atoms with Gasteiger partial charge in [0.05, 0.1) is 0 Å². The van der Waals surface area contributed by atoms with Gasteiger partial charge in [-0.2, -0.15) is 13.2 Å². The van der Waals surface area contributed by atoms with E-state index >= 15 is 0 Å². The minimum atomic E-state index is -4.57. The van der Waals surface area contributed by atoms with Crippen LogP contribution in [0.15, 0.2) is 18.2 Å². The second kappa shape index (κ2) is 10.2. The first kappa shape index (κ1) is 24.4. The number of hydrogen-bond acceptors (Lipinski definition) is 5. The average molecular weight is 477 g/mol. The predicted molar refractivity (Wildman–Crippen MR) is 115 cm³/mol. The van der Waals surface area contributed by atoms with Crippen molar-refractivity contribution in [2.24, 2.45) is 0 Å². The van der Waals surface area contributed by atoms with Crippen LogP contribution in [0.5, 0.6) is 0 Å². The third kappa shape index (κ3) is 6.41. The van der Waals surface area contributed by atoms with Crippen LogP contribution in [-0.4, -0.2) is 79.4 Å². The van der Waals surface area contributed by atoms with Crippen LogP contribution in [0.4, 0.5) is 23.7 Å². The van der Waals surface area contributed by atoms with E-state index < -0.39 is 18.4 Å². The molecule has 0 radical (unpaired) electrons. The molecule has 2 aliphatic heterocycles. The lowest BCUT2D eigenvalue weighted by molar-refractivity contribution is -0.200. The van der Waals surface area contributed by atoms with Gasteiger partial charge in [-0.1, -0.05) is 17.7 Å². The fourth-order valence-electron chi connectivity index (χ4n) is 3.97. The third-order valence-corrected chi connectivity index (χ3v) is 5.98. The van der Waals surface area contributed by atoms with E-state index in [1.165, 1.54) is 11.8 Å². The Morgan fingerprint density at radius 1 is 1.22 bits per heavy atom. The number of rotatable bonds is 5. The van der Waals surface area contributed by atoms with Gasteiger partial charge >= 0.3 is 12.3 Å². The van der Waals surface area contributed by atoms with E-state index in [2.05, 4.69) is 19.9 Å². The first-order valence-electron chi connectivity index (χ1n) is 10.6. The van der Waals surface area contributed by atoms with Gasteiger partial charge in [-0.3, -0.25) is 9.69 Å². The number of carbonyl (C=O) groups excluding carboxylic acids is 2. The molecule has 0 saturated carbocycles. The van der Waals surface area contributed by atoms with Gasteiger partial charge in [0.15, 0.2) is 6.10 Å². The summed E-state index contributed by atoms with van der Waals surface area (Å²) in [6.45, 7) is 6.08. The molecule has 2 heterocycles. The molecule has 0 aromatic heterocycles. The highest BCUT2D eigenvalue weighted by molar-refractivity contribution is 6.30. The summed E-state index contributed by atoms with van der Waals surface area (Å²) < 4.78 is 42.4. The molecule has 3 rings (SSSR count). The standard InChI is InChI=1S/C21H28ClF3N4O3/c1-14(21(23,24)25)32-20(31)28-9-7-27(8-10-28)12-16-3-4-17(22)11-19(16)29-6-5-18(13-29)26-15(2)30/h3-4,11,14,18H,5-10,12-13H2,1-2H3,(H,26,30)/t14?,18-/m0/s1. The Bertz CT molecular complexity index is 831. The van der Waals surface area contributed by atoms with Crippen LogP contribution in [0.1, 0.15) is 25.8 Å². The molecule has 0 bridgehead atoms. The first-order chi connectivity index (χ1) is 15.0. The van der Waals surface area contributed by atoms with Gasteiger partial charge in [0.25, 0.3) is 0 Å². The van der Waals surface area contributed by atoms with Gasteiger partial charge in [0.2, 0.25) is 5.91 Å². The van der Waals surface area contributed by atoms with Crippen LogP contribution >= 0.6 is 11.6 Å². The summed E-state index contributed by atoms with van der Waals surface area (Å²) in [7, 11) is 0. The van der Waals surface area contributed by atoms with Crippen molar-refractivity contribution in [1.29, 1.82) is 0 Å². The number of nitrogens with one attached hydrogen (secondary N) is 1. The maximum absolute atomic E-state index is 12.6. The molecule has 2 amide bonds. The highest BCUT2D eigenvalue weighted by Gasteiger charge is 2.40. The molecule has 32 heavy (non-hydrogen) atoms.